The maximum absolute atomic E-state index is 10.8. The summed E-state index contributed by atoms with van der Waals surface area (Å²) in [6.07, 6.45) is 3.61. The van der Waals surface area contributed by atoms with Crippen LogP contribution in [0.3, 0.4) is 0 Å². The number of hydrogen-bond donors (Lipinski definition) is 1. The van der Waals surface area contributed by atoms with E-state index in [1.54, 1.807) is 24.3 Å². The smallest absolute Gasteiger partial charge is 0.335 e. The van der Waals surface area contributed by atoms with Crippen LogP contribution >= 0.6 is 0 Å². The average molecular weight is 220 g/mol. The van der Waals surface area contributed by atoms with Crippen molar-refractivity contribution in [3.63, 3.8) is 0 Å². The zero-order valence-corrected chi connectivity index (χ0v) is 8.84. The van der Waals surface area contributed by atoms with Crippen LogP contribution in [0.2, 0.25) is 0 Å². The predicted molar refractivity (Wildman–Crippen MR) is 59.1 cm³/mol. The van der Waals surface area contributed by atoms with E-state index in [1.165, 1.54) is 19.2 Å². The molecule has 1 N–H and O–H groups in total. The number of ether oxygens (including phenoxy) is 1. The van der Waals surface area contributed by atoms with Crippen LogP contribution in [-0.2, 0) is 9.53 Å². The first-order valence-corrected chi connectivity index (χ1v) is 4.70. The molecule has 1 aromatic carbocycles. The standard InChI is InChI=1S/C12H12O4/c1-16-11(13)4-2-3-9-5-7-10(8-6-9)12(14)15/h2-3,5-8H,4H2,1H3,(H,14,15). The second-order valence-electron chi connectivity index (χ2n) is 3.11. The van der Waals surface area contributed by atoms with E-state index in [2.05, 4.69) is 4.74 Å². The first-order valence-electron chi connectivity index (χ1n) is 4.70. The van der Waals surface area contributed by atoms with Crippen molar-refractivity contribution < 1.29 is 19.4 Å². The van der Waals surface area contributed by atoms with E-state index < -0.39 is 5.97 Å². The minimum atomic E-state index is -0.954. The SMILES string of the molecule is COC(=O)CC=Cc1ccc(C(=O)O)cc1. The van der Waals surface area contributed by atoms with Gasteiger partial charge in [0.25, 0.3) is 0 Å². The van der Waals surface area contributed by atoms with Gasteiger partial charge in [-0.15, -0.1) is 0 Å². The number of esters is 1. The number of carboxylic acid groups (broad SMARTS) is 1. The molecular weight excluding hydrogens is 208 g/mol. The van der Waals surface area contributed by atoms with Gasteiger partial charge in [-0.2, -0.15) is 0 Å². The van der Waals surface area contributed by atoms with E-state index in [0.29, 0.717) is 0 Å². The summed E-state index contributed by atoms with van der Waals surface area (Å²) >= 11 is 0. The maximum Gasteiger partial charge on any atom is 0.335 e. The van der Waals surface area contributed by atoms with Crippen LogP contribution in [0.4, 0.5) is 0 Å². The largest absolute Gasteiger partial charge is 0.478 e. The topological polar surface area (TPSA) is 63.6 Å². The Kier molecular flexibility index (Phi) is 4.27. The van der Waals surface area contributed by atoms with E-state index in [9.17, 15) is 9.59 Å². The lowest BCUT2D eigenvalue weighted by Crippen LogP contribution is -1.96. The quantitative estimate of drug-likeness (QED) is 0.788. The molecule has 0 saturated carbocycles. The van der Waals surface area contributed by atoms with Crippen LogP contribution in [-0.4, -0.2) is 24.2 Å². The number of benzene rings is 1. The summed E-state index contributed by atoms with van der Waals surface area (Å²) in [7, 11) is 1.33. The van der Waals surface area contributed by atoms with Crippen LogP contribution in [0.5, 0.6) is 0 Å². The van der Waals surface area contributed by atoms with Crippen LogP contribution in [0.15, 0.2) is 30.3 Å². The van der Waals surface area contributed by atoms with Gasteiger partial charge in [0.15, 0.2) is 0 Å². The molecule has 0 aromatic heterocycles. The van der Waals surface area contributed by atoms with Gasteiger partial charge < -0.3 is 9.84 Å². The van der Waals surface area contributed by atoms with Gasteiger partial charge in [-0.1, -0.05) is 24.3 Å². The Bertz CT molecular complexity index is 404. The molecule has 0 unspecified atom stereocenters. The Morgan fingerprint density at radius 3 is 2.44 bits per heavy atom. The lowest BCUT2D eigenvalue weighted by molar-refractivity contribution is -0.139. The lowest BCUT2D eigenvalue weighted by Gasteiger charge is -1.96. The molecule has 4 heteroatoms. The van der Waals surface area contributed by atoms with Crippen molar-refractivity contribution in [2.75, 3.05) is 7.11 Å². The summed E-state index contributed by atoms with van der Waals surface area (Å²) in [5, 5.41) is 8.68. The van der Waals surface area contributed by atoms with Gasteiger partial charge in [0.05, 0.1) is 19.1 Å². The molecule has 0 aliphatic rings. The third kappa shape index (κ3) is 3.57. The Morgan fingerprint density at radius 1 is 1.31 bits per heavy atom. The second-order valence-corrected chi connectivity index (χ2v) is 3.11. The number of carbonyl (C=O) groups excluding carboxylic acids is 1. The molecule has 16 heavy (non-hydrogen) atoms. The number of aromatic carboxylic acids is 1. The molecule has 0 aliphatic heterocycles. The van der Waals surface area contributed by atoms with Gasteiger partial charge >= 0.3 is 11.9 Å². The molecule has 0 amide bonds. The monoisotopic (exact) mass is 220 g/mol. The molecule has 0 atom stereocenters. The summed E-state index contributed by atoms with van der Waals surface area (Å²) < 4.78 is 4.47. The van der Waals surface area contributed by atoms with Crippen molar-refractivity contribution in [3.05, 3.63) is 41.5 Å². The van der Waals surface area contributed by atoms with E-state index in [-0.39, 0.29) is 18.0 Å². The molecule has 0 aliphatic carbocycles. The van der Waals surface area contributed by atoms with Crippen LogP contribution in [0, 0.1) is 0 Å². The number of carboxylic acids is 1. The van der Waals surface area contributed by atoms with E-state index in [0.717, 1.165) is 5.56 Å². The van der Waals surface area contributed by atoms with Crippen LogP contribution in [0.1, 0.15) is 22.3 Å². The summed E-state index contributed by atoms with van der Waals surface area (Å²) in [6.45, 7) is 0. The average Bonchev–Trinajstić information content (AvgIpc) is 2.29. The lowest BCUT2D eigenvalue weighted by atomic mass is 10.1. The van der Waals surface area contributed by atoms with Crippen molar-refractivity contribution in [2.24, 2.45) is 0 Å². The van der Waals surface area contributed by atoms with Crippen molar-refractivity contribution in [2.45, 2.75) is 6.42 Å². The molecular formula is C12H12O4. The van der Waals surface area contributed by atoms with Crippen molar-refractivity contribution in [1.29, 1.82) is 0 Å². The molecule has 0 fully saturated rings. The summed E-state index contributed by atoms with van der Waals surface area (Å²) in [5.74, 6) is -1.26. The van der Waals surface area contributed by atoms with Gasteiger partial charge in [0.2, 0.25) is 0 Å². The van der Waals surface area contributed by atoms with Gasteiger partial charge in [-0.3, -0.25) is 4.79 Å². The highest BCUT2D eigenvalue weighted by molar-refractivity contribution is 5.87. The molecule has 1 rings (SSSR count). The molecule has 0 saturated heterocycles. The fourth-order valence-corrected chi connectivity index (χ4v) is 1.11. The highest BCUT2D eigenvalue weighted by Crippen LogP contribution is 2.06. The minimum Gasteiger partial charge on any atom is -0.478 e. The Labute approximate surface area is 93.2 Å². The molecule has 4 nitrogen and oxygen atoms in total. The Hall–Kier alpha value is -2.10. The first kappa shape index (κ1) is 12.0. The maximum atomic E-state index is 10.8. The fraction of sp³-hybridized carbons (Fsp3) is 0.167. The van der Waals surface area contributed by atoms with Gasteiger partial charge in [-0.05, 0) is 17.7 Å². The van der Waals surface area contributed by atoms with Gasteiger partial charge in [0, 0.05) is 0 Å². The normalized spacial score (nSPS) is 10.3. The number of methoxy groups -OCH3 is 1. The summed E-state index contributed by atoms with van der Waals surface area (Å²) in [6, 6.07) is 6.38. The highest BCUT2D eigenvalue weighted by Gasteiger charge is 2.00. The van der Waals surface area contributed by atoms with Crippen molar-refractivity contribution in [1.82, 2.24) is 0 Å². The van der Waals surface area contributed by atoms with E-state index in [1.807, 2.05) is 0 Å². The van der Waals surface area contributed by atoms with Gasteiger partial charge in [0.1, 0.15) is 0 Å². The third-order valence-electron chi connectivity index (χ3n) is 1.98. The number of hydrogen-bond acceptors (Lipinski definition) is 3. The van der Waals surface area contributed by atoms with Crippen molar-refractivity contribution >= 4 is 18.0 Å². The van der Waals surface area contributed by atoms with Gasteiger partial charge in [-0.25, -0.2) is 4.79 Å². The number of rotatable bonds is 4. The fourth-order valence-electron chi connectivity index (χ4n) is 1.11. The molecule has 0 radical (unpaired) electrons. The Balaban J connectivity index is 2.61. The minimum absolute atomic E-state index is 0.206. The predicted octanol–water partition coefficient (Wildman–Crippen LogP) is 1.96. The van der Waals surface area contributed by atoms with E-state index in [4.69, 9.17) is 5.11 Å². The second kappa shape index (κ2) is 5.70. The van der Waals surface area contributed by atoms with Crippen LogP contribution < -0.4 is 0 Å². The molecule has 1 aromatic rings. The van der Waals surface area contributed by atoms with Crippen molar-refractivity contribution in [3.8, 4) is 0 Å². The molecule has 0 spiro atoms. The first-order chi connectivity index (χ1) is 7.63. The Morgan fingerprint density at radius 2 is 1.94 bits per heavy atom. The van der Waals surface area contributed by atoms with E-state index >= 15 is 0 Å². The third-order valence-corrected chi connectivity index (χ3v) is 1.98. The zero-order chi connectivity index (χ0) is 12.0. The summed E-state index contributed by atoms with van der Waals surface area (Å²) in [4.78, 5) is 21.4. The van der Waals surface area contributed by atoms with Crippen LogP contribution in [0.25, 0.3) is 6.08 Å². The molecule has 0 bridgehead atoms. The molecule has 0 heterocycles. The zero-order valence-electron chi connectivity index (χ0n) is 8.84. The summed E-state index contributed by atoms with van der Waals surface area (Å²) in [5.41, 5.74) is 1.08. The molecule has 84 valence electrons. The highest BCUT2D eigenvalue weighted by atomic mass is 16.5. The number of carbonyl (C=O) groups is 2.